The predicted octanol–water partition coefficient (Wildman–Crippen LogP) is 2.94. The van der Waals surface area contributed by atoms with Crippen LogP contribution in [-0.4, -0.2) is 18.4 Å². The minimum Gasteiger partial charge on any atom is -0.424 e. The minimum absolute atomic E-state index is 0.0695. The molecule has 0 atom stereocenters. The van der Waals surface area contributed by atoms with E-state index in [2.05, 4.69) is 14.7 Å². The molecule has 0 aliphatic rings. The van der Waals surface area contributed by atoms with Crippen molar-refractivity contribution >= 4 is 15.7 Å². The maximum atomic E-state index is 12.5. The highest BCUT2D eigenvalue weighted by Gasteiger charge is 2.18. The third-order valence-corrected chi connectivity index (χ3v) is 4.57. The summed E-state index contributed by atoms with van der Waals surface area (Å²) in [6, 6.07) is 16.0. The third kappa shape index (κ3) is 3.91. The molecule has 8 heteroatoms. The topological polar surface area (TPSA) is 105 Å². The van der Waals surface area contributed by atoms with Crippen LogP contribution in [0.2, 0.25) is 0 Å². The van der Waals surface area contributed by atoms with E-state index in [0.717, 1.165) is 0 Å². The highest BCUT2D eigenvalue weighted by molar-refractivity contribution is 7.92. The summed E-state index contributed by atoms with van der Waals surface area (Å²) in [5.41, 5.74) is 0.362. The Bertz CT molecular complexity index is 1030. The molecular weight excluding hydrogens is 340 g/mol. The van der Waals surface area contributed by atoms with E-state index in [-0.39, 0.29) is 16.5 Å². The Hall–Kier alpha value is -3.44. The van der Waals surface area contributed by atoms with Crippen molar-refractivity contribution in [1.82, 2.24) is 9.97 Å². The molecule has 0 amide bonds. The number of nitrogens with zero attached hydrogens (tertiary/aromatic N) is 3. The van der Waals surface area contributed by atoms with Crippen molar-refractivity contribution in [3.8, 4) is 17.8 Å². The second kappa shape index (κ2) is 6.98. The van der Waals surface area contributed by atoms with Crippen LogP contribution in [0.3, 0.4) is 0 Å². The van der Waals surface area contributed by atoms with Crippen molar-refractivity contribution in [1.29, 1.82) is 5.26 Å². The van der Waals surface area contributed by atoms with Crippen molar-refractivity contribution in [2.75, 3.05) is 4.72 Å². The Kier molecular flexibility index (Phi) is 4.59. The number of nitriles is 1. The summed E-state index contributed by atoms with van der Waals surface area (Å²) < 4.78 is 33.0. The van der Waals surface area contributed by atoms with Crippen molar-refractivity contribution in [2.45, 2.75) is 4.90 Å². The highest BCUT2D eigenvalue weighted by atomic mass is 32.2. The molecule has 0 bridgehead atoms. The van der Waals surface area contributed by atoms with Gasteiger partial charge in [-0.05, 0) is 30.3 Å². The summed E-state index contributed by atoms with van der Waals surface area (Å²) in [5, 5.41) is 9.08. The first-order valence-corrected chi connectivity index (χ1v) is 8.64. The van der Waals surface area contributed by atoms with Gasteiger partial charge in [0.25, 0.3) is 10.0 Å². The van der Waals surface area contributed by atoms with Crippen molar-refractivity contribution in [3.63, 3.8) is 0 Å². The highest BCUT2D eigenvalue weighted by Crippen LogP contribution is 2.24. The van der Waals surface area contributed by atoms with Gasteiger partial charge in [-0.2, -0.15) is 5.26 Å². The quantitative estimate of drug-likeness (QED) is 0.757. The molecule has 0 aliphatic heterocycles. The second-order valence-corrected chi connectivity index (χ2v) is 6.53. The van der Waals surface area contributed by atoms with Gasteiger partial charge in [0.2, 0.25) is 0 Å². The Morgan fingerprint density at radius 1 is 1.00 bits per heavy atom. The molecule has 1 N–H and O–H groups in total. The fraction of sp³-hybridized carbons (Fsp3) is 0. The standard InChI is InChI=1S/C17H12N4O3S/c18-12-13-5-1-2-8-16(13)25(22,23)21-14-6-3-7-15(11-14)24-17-19-9-4-10-20-17/h1-11,21H. The first-order valence-electron chi connectivity index (χ1n) is 7.15. The van der Waals surface area contributed by atoms with Gasteiger partial charge in [-0.15, -0.1) is 0 Å². The van der Waals surface area contributed by atoms with Gasteiger partial charge in [-0.25, -0.2) is 18.4 Å². The summed E-state index contributed by atoms with van der Waals surface area (Å²) in [4.78, 5) is 7.79. The zero-order chi connectivity index (χ0) is 17.7. The summed E-state index contributed by atoms with van der Waals surface area (Å²) >= 11 is 0. The fourth-order valence-corrected chi connectivity index (χ4v) is 3.28. The van der Waals surface area contributed by atoms with Crippen LogP contribution in [0.15, 0.2) is 71.9 Å². The maximum Gasteiger partial charge on any atom is 0.321 e. The van der Waals surface area contributed by atoms with E-state index in [4.69, 9.17) is 10.00 Å². The van der Waals surface area contributed by atoms with Gasteiger partial charge >= 0.3 is 6.01 Å². The maximum absolute atomic E-state index is 12.5. The minimum atomic E-state index is -3.91. The molecule has 7 nitrogen and oxygen atoms in total. The Morgan fingerprint density at radius 2 is 1.76 bits per heavy atom. The average molecular weight is 352 g/mol. The molecule has 124 valence electrons. The summed E-state index contributed by atoms with van der Waals surface area (Å²) in [6.45, 7) is 0. The van der Waals surface area contributed by atoms with Crippen LogP contribution in [0.1, 0.15) is 5.56 Å². The lowest BCUT2D eigenvalue weighted by molar-refractivity contribution is 0.442. The molecule has 2 aromatic carbocycles. The van der Waals surface area contributed by atoms with Gasteiger partial charge in [0.05, 0.1) is 11.3 Å². The molecule has 1 heterocycles. The number of sulfonamides is 1. The molecule has 0 spiro atoms. The van der Waals surface area contributed by atoms with E-state index >= 15 is 0 Å². The number of hydrogen-bond donors (Lipinski definition) is 1. The van der Waals surface area contributed by atoms with Gasteiger partial charge in [0.1, 0.15) is 16.7 Å². The smallest absolute Gasteiger partial charge is 0.321 e. The molecule has 0 radical (unpaired) electrons. The lowest BCUT2D eigenvalue weighted by Gasteiger charge is -2.10. The molecule has 0 aliphatic carbocycles. The predicted molar refractivity (Wildman–Crippen MR) is 90.5 cm³/mol. The lowest BCUT2D eigenvalue weighted by atomic mass is 10.2. The number of nitrogens with one attached hydrogen (secondary N) is 1. The molecular formula is C17H12N4O3S. The monoisotopic (exact) mass is 352 g/mol. The van der Waals surface area contributed by atoms with E-state index in [1.165, 1.54) is 30.6 Å². The Labute approximate surface area is 144 Å². The zero-order valence-corrected chi connectivity index (χ0v) is 13.6. The van der Waals surface area contributed by atoms with Gasteiger partial charge < -0.3 is 4.74 Å². The van der Waals surface area contributed by atoms with Crippen LogP contribution in [0.25, 0.3) is 0 Å². The number of aromatic nitrogens is 2. The molecule has 25 heavy (non-hydrogen) atoms. The third-order valence-electron chi connectivity index (χ3n) is 3.13. The van der Waals surface area contributed by atoms with Gasteiger partial charge in [-0.3, -0.25) is 4.72 Å². The average Bonchev–Trinajstić information content (AvgIpc) is 2.62. The van der Waals surface area contributed by atoms with Crippen LogP contribution in [0.5, 0.6) is 11.8 Å². The van der Waals surface area contributed by atoms with Crippen LogP contribution < -0.4 is 9.46 Å². The molecule has 3 rings (SSSR count). The van der Waals surface area contributed by atoms with Gasteiger partial charge in [0.15, 0.2) is 0 Å². The SMILES string of the molecule is N#Cc1ccccc1S(=O)(=O)Nc1cccc(Oc2ncccn2)c1. The molecule has 3 aromatic rings. The summed E-state index contributed by atoms with van der Waals surface area (Å²) in [6.07, 6.45) is 3.07. The lowest BCUT2D eigenvalue weighted by Crippen LogP contribution is -2.14. The molecule has 0 saturated carbocycles. The van der Waals surface area contributed by atoms with E-state index < -0.39 is 10.0 Å². The normalized spacial score (nSPS) is 10.7. The van der Waals surface area contributed by atoms with Crippen LogP contribution in [-0.2, 0) is 10.0 Å². The van der Waals surface area contributed by atoms with Crippen LogP contribution in [0, 0.1) is 11.3 Å². The first kappa shape index (κ1) is 16.4. The second-order valence-electron chi connectivity index (χ2n) is 4.87. The van der Waals surface area contributed by atoms with Crippen LogP contribution in [0.4, 0.5) is 5.69 Å². The molecule has 1 aromatic heterocycles. The van der Waals surface area contributed by atoms with E-state index in [9.17, 15) is 8.42 Å². The summed E-state index contributed by atoms with van der Waals surface area (Å²) in [7, 11) is -3.91. The first-order chi connectivity index (χ1) is 12.1. The number of benzene rings is 2. The Balaban J connectivity index is 1.86. The van der Waals surface area contributed by atoms with Crippen LogP contribution >= 0.6 is 0 Å². The summed E-state index contributed by atoms with van der Waals surface area (Å²) in [5.74, 6) is 0.375. The van der Waals surface area contributed by atoms with Gasteiger partial charge in [0, 0.05) is 18.5 Å². The fourth-order valence-electron chi connectivity index (χ4n) is 2.07. The molecule has 0 saturated heterocycles. The number of hydrogen-bond acceptors (Lipinski definition) is 6. The molecule has 0 unspecified atom stereocenters. The van der Waals surface area contributed by atoms with E-state index in [0.29, 0.717) is 11.4 Å². The zero-order valence-electron chi connectivity index (χ0n) is 12.8. The number of anilines is 1. The number of rotatable bonds is 5. The van der Waals surface area contributed by atoms with E-state index in [1.807, 2.05) is 6.07 Å². The van der Waals surface area contributed by atoms with Gasteiger partial charge in [-0.1, -0.05) is 18.2 Å². The van der Waals surface area contributed by atoms with Crippen molar-refractivity contribution in [3.05, 3.63) is 72.6 Å². The van der Waals surface area contributed by atoms with Crippen molar-refractivity contribution in [2.24, 2.45) is 0 Å². The Morgan fingerprint density at radius 3 is 2.52 bits per heavy atom. The largest absolute Gasteiger partial charge is 0.424 e. The van der Waals surface area contributed by atoms with Crippen molar-refractivity contribution < 1.29 is 13.2 Å². The number of ether oxygens (including phenoxy) is 1. The molecule has 0 fully saturated rings. The van der Waals surface area contributed by atoms with E-state index in [1.54, 1.807) is 36.4 Å².